The number of allylic oxidation sites excluding steroid dienone is 1. The minimum Gasteiger partial charge on any atom is -0.492 e. The maximum Gasteiger partial charge on any atom is 0.248 e. The van der Waals surface area contributed by atoms with E-state index in [0.29, 0.717) is 68.8 Å². The quantitative estimate of drug-likeness (QED) is 0.218. The molecule has 0 unspecified atom stereocenters. The van der Waals surface area contributed by atoms with Gasteiger partial charge in [-0.3, -0.25) is 9.78 Å². The molecule has 188 valence electrons. The van der Waals surface area contributed by atoms with Gasteiger partial charge in [0.15, 0.2) is 0 Å². The standard InChI is InChI=1S/C27H28Cl2N4O3/c1-5-21-19(15-30)27(31-17-9-10-24(20(29)12-17)36-16(3)4)18-13-23(33-26(34)8-7-11-28)25(35-6-2)14-22(18)32-21/h7-10,12-14,16H,5-6,11H2,1-4H3,(H,31,32)(H,33,34)/b8-7+. The predicted molar refractivity (Wildman–Crippen MR) is 146 cm³/mol. The van der Waals surface area contributed by atoms with Crippen LogP contribution in [0.4, 0.5) is 17.1 Å². The molecule has 0 spiro atoms. The highest BCUT2D eigenvalue weighted by molar-refractivity contribution is 6.32. The molecule has 1 heterocycles. The molecule has 0 aliphatic rings. The van der Waals surface area contributed by atoms with E-state index in [2.05, 4.69) is 16.7 Å². The van der Waals surface area contributed by atoms with Gasteiger partial charge in [-0.05, 0) is 51.5 Å². The van der Waals surface area contributed by atoms with Crippen molar-refractivity contribution in [3.8, 4) is 17.6 Å². The first-order valence-electron chi connectivity index (χ1n) is 11.6. The van der Waals surface area contributed by atoms with Crippen molar-refractivity contribution in [2.45, 2.75) is 40.2 Å². The maximum atomic E-state index is 12.4. The smallest absolute Gasteiger partial charge is 0.248 e. The van der Waals surface area contributed by atoms with Crippen LogP contribution in [0, 0.1) is 11.3 Å². The number of aryl methyl sites for hydroxylation is 1. The molecular weight excluding hydrogens is 499 g/mol. The molecule has 3 rings (SSSR count). The fourth-order valence-corrected chi connectivity index (χ4v) is 3.93. The van der Waals surface area contributed by atoms with E-state index in [9.17, 15) is 10.1 Å². The molecule has 0 saturated carbocycles. The van der Waals surface area contributed by atoms with E-state index in [0.717, 1.165) is 0 Å². The Balaban J connectivity index is 2.18. The lowest BCUT2D eigenvalue weighted by Gasteiger charge is -2.18. The van der Waals surface area contributed by atoms with Crippen molar-refractivity contribution in [3.63, 3.8) is 0 Å². The van der Waals surface area contributed by atoms with E-state index in [1.54, 1.807) is 30.3 Å². The number of nitrogens with zero attached hydrogens (tertiary/aromatic N) is 2. The first-order chi connectivity index (χ1) is 17.3. The van der Waals surface area contributed by atoms with Crippen molar-refractivity contribution < 1.29 is 14.3 Å². The third-order valence-corrected chi connectivity index (χ3v) is 5.56. The average molecular weight is 527 g/mol. The molecular formula is C27H28Cl2N4O3. The largest absolute Gasteiger partial charge is 0.492 e. The van der Waals surface area contributed by atoms with E-state index >= 15 is 0 Å². The first kappa shape index (κ1) is 27.1. The number of carbonyl (C=O) groups is 1. The van der Waals surface area contributed by atoms with Gasteiger partial charge in [0.2, 0.25) is 5.91 Å². The summed E-state index contributed by atoms with van der Waals surface area (Å²) in [6.45, 7) is 8.05. The zero-order chi connectivity index (χ0) is 26.2. The summed E-state index contributed by atoms with van der Waals surface area (Å²) in [6.07, 6.45) is 3.44. The number of nitriles is 1. The van der Waals surface area contributed by atoms with Crippen LogP contribution < -0.4 is 20.1 Å². The van der Waals surface area contributed by atoms with Gasteiger partial charge in [0.1, 0.15) is 17.6 Å². The topological polar surface area (TPSA) is 96.3 Å². The highest BCUT2D eigenvalue weighted by atomic mass is 35.5. The number of amides is 1. The van der Waals surface area contributed by atoms with Crippen molar-refractivity contribution in [2.75, 3.05) is 23.1 Å². The molecule has 0 bridgehead atoms. The molecule has 7 nitrogen and oxygen atoms in total. The Kier molecular flexibility index (Phi) is 9.40. The summed E-state index contributed by atoms with van der Waals surface area (Å²) in [7, 11) is 0. The van der Waals surface area contributed by atoms with Gasteiger partial charge >= 0.3 is 0 Å². The number of hydrogen-bond donors (Lipinski definition) is 2. The minimum absolute atomic E-state index is 0.0183. The number of fused-ring (bicyclic) bond motifs is 1. The lowest BCUT2D eigenvalue weighted by atomic mass is 10.0. The second-order valence-electron chi connectivity index (χ2n) is 8.06. The number of alkyl halides is 1. The molecule has 0 saturated heterocycles. The van der Waals surface area contributed by atoms with Crippen molar-refractivity contribution in [2.24, 2.45) is 0 Å². The van der Waals surface area contributed by atoms with E-state index < -0.39 is 0 Å². The summed E-state index contributed by atoms with van der Waals surface area (Å²) >= 11 is 12.1. The SMILES string of the molecule is CCOc1cc2nc(CC)c(C#N)c(Nc3ccc(OC(C)C)c(Cl)c3)c2cc1NC(=O)/C=C/CCl. The van der Waals surface area contributed by atoms with Crippen LogP contribution >= 0.6 is 23.2 Å². The lowest BCUT2D eigenvalue weighted by Crippen LogP contribution is -2.10. The van der Waals surface area contributed by atoms with E-state index in [1.807, 2.05) is 33.8 Å². The highest BCUT2D eigenvalue weighted by Gasteiger charge is 2.19. The Morgan fingerprint density at radius 2 is 2.00 bits per heavy atom. The van der Waals surface area contributed by atoms with Gasteiger partial charge in [-0.2, -0.15) is 5.26 Å². The molecule has 0 radical (unpaired) electrons. The van der Waals surface area contributed by atoms with Gasteiger partial charge in [-0.1, -0.05) is 24.6 Å². The fourth-order valence-electron chi connectivity index (χ4n) is 3.62. The van der Waals surface area contributed by atoms with Crippen LogP contribution in [0.5, 0.6) is 11.5 Å². The number of halogens is 2. The molecule has 36 heavy (non-hydrogen) atoms. The van der Waals surface area contributed by atoms with Crippen molar-refractivity contribution >= 4 is 57.1 Å². The van der Waals surface area contributed by atoms with E-state index in [4.69, 9.17) is 37.7 Å². The number of carbonyl (C=O) groups excluding carboxylic acids is 1. The molecule has 0 aliphatic carbocycles. The number of pyridine rings is 1. The average Bonchev–Trinajstić information content (AvgIpc) is 2.84. The summed E-state index contributed by atoms with van der Waals surface area (Å²) in [5.74, 6) is 0.914. The van der Waals surface area contributed by atoms with Crippen LogP contribution in [0.25, 0.3) is 10.9 Å². The van der Waals surface area contributed by atoms with Crippen LogP contribution in [0.2, 0.25) is 5.02 Å². The molecule has 1 aromatic heterocycles. The Hall–Kier alpha value is -3.47. The number of nitrogens with one attached hydrogen (secondary N) is 2. The van der Waals surface area contributed by atoms with E-state index in [1.165, 1.54) is 6.08 Å². The molecule has 3 aromatic rings. The second-order valence-corrected chi connectivity index (χ2v) is 8.77. The Morgan fingerprint density at radius 3 is 2.61 bits per heavy atom. The van der Waals surface area contributed by atoms with Gasteiger partial charge in [0, 0.05) is 29.1 Å². The summed E-state index contributed by atoms with van der Waals surface area (Å²) in [5, 5.41) is 17.3. The third kappa shape index (κ3) is 6.39. The van der Waals surface area contributed by atoms with Crippen LogP contribution in [-0.2, 0) is 11.2 Å². The van der Waals surface area contributed by atoms with Gasteiger partial charge in [0.25, 0.3) is 0 Å². The monoisotopic (exact) mass is 526 g/mol. The maximum absolute atomic E-state index is 12.4. The van der Waals surface area contributed by atoms with Crippen LogP contribution in [0.3, 0.4) is 0 Å². The molecule has 0 fully saturated rings. The number of hydrogen-bond acceptors (Lipinski definition) is 6. The highest BCUT2D eigenvalue weighted by Crippen LogP contribution is 2.38. The zero-order valence-electron chi connectivity index (χ0n) is 20.6. The van der Waals surface area contributed by atoms with Gasteiger partial charge < -0.3 is 20.1 Å². The second kappa shape index (κ2) is 12.5. The summed E-state index contributed by atoms with van der Waals surface area (Å²) in [6, 6.07) is 11.1. The normalized spacial score (nSPS) is 11.1. The number of benzene rings is 2. The summed E-state index contributed by atoms with van der Waals surface area (Å²) in [5.41, 5.74) is 3.35. The van der Waals surface area contributed by atoms with Crippen molar-refractivity contribution in [1.82, 2.24) is 4.98 Å². The number of ether oxygens (including phenoxy) is 2. The van der Waals surface area contributed by atoms with Gasteiger partial charge in [-0.15, -0.1) is 11.6 Å². The molecule has 0 aliphatic heterocycles. The lowest BCUT2D eigenvalue weighted by molar-refractivity contribution is -0.111. The van der Waals surface area contributed by atoms with Crippen LogP contribution in [0.15, 0.2) is 42.5 Å². The van der Waals surface area contributed by atoms with Crippen molar-refractivity contribution in [1.29, 1.82) is 5.26 Å². The molecule has 9 heteroatoms. The molecule has 1 amide bonds. The van der Waals surface area contributed by atoms with E-state index in [-0.39, 0.29) is 17.9 Å². The Morgan fingerprint density at radius 1 is 1.22 bits per heavy atom. The molecule has 2 aromatic carbocycles. The van der Waals surface area contributed by atoms with Gasteiger partial charge in [0.05, 0.1) is 45.9 Å². The predicted octanol–water partition coefficient (Wildman–Crippen LogP) is 6.99. The zero-order valence-corrected chi connectivity index (χ0v) is 22.1. The molecule has 2 N–H and O–H groups in total. The number of aromatic nitrogens is 1. The van der Waals surface area contributed by atoms with Crippen molar-refractivity contribution in [3.05, 3.63) is 58.8 Å². The van der Waals surface area contributed by atoms with Gasteiger partial charge in [-0.25, -0.2) is 0 Å². The summed E-state index contributed by atoms with van der Waals surface area (Å²) in [4.78, 5) is 17.1. The fraction of sp³-hybridized carbons (Fsp3) is 0.296. The number of anilines is 3. The Bertz CT molecular complexity index is 1330. The third-order valence-electron chi connectivity index (χ3n) is 5.09. The minimum atomic E-state index is -0.350. The first-order valence-corrected chi connectivity index (χ1v) is 12.5. The Labute approximate surface area is 221 Å². The molecule has 0 atom stereocenters. The van der Waals surface area contributed by atoms with Crippen LogP contribution in [0.1, 0.15) is 39.0 Å². The van der Waals surface area contributed by atoms with Crippen LogP contribution in [-0.4, -0.2) is 29.5 Å². The number of rotatable bonds is 10. The summed E-state index contributed by atoms with van der Waals surface area (Å²) < 4.78 is 11.5.